The number of fused-ring (bicyclic) bond motifs is 1. The van der Waals surface area contributed by atoms with Crippen LogP contribution in [0.5, 0.6) is 11.5 Å². The number of sulfonamides is 1. The van der Waals surface area contributed by atoms with Gasteiger partial charge in [-0.3, -0.25) is 13.9 Å². The number of carbonyl (C=O) groups is 2. The van der Waals surface area contributed by atoms with Gasteiger partial charge in [0.05, 0.1) is 11.9 Å². The van der Waals surface area contributed by atoms with E-state index in [1.165, 1.54) is 9.21 Å². The zero-order chi connectivity index (χ0) is 27.9. The van der Waals surface area contributed by atoms with Gasteiger partial charge in [-0.2, -0.15) is 0 Å². The molecule has 2 aromatic carbocycles. The number of carbonyl (C=O) groups excluding carboxylic acids is 2. The fourth-order valence-electron chi connectivity index (χ4n) is 4.07. The van der Waals surface area contributed by atoms with Gasteiger partial charge in [-0.25, -0.2) is 8.42 Å². The van der Waals surface area contributed by atoms with E-state index in [4.69, 9.17) is 21.1 Å². The van der Waals surface area contributed by atoms with Crippen LogP contribution in [0.1, 0.15) is 45.6 Å². The first-order valence-corrected chi connectivity index (χ1v) is 14.9. The maximum absolute atomic E-state index is 13.4. The maximum atomic E-state index is 13.4. The van der Waals surface area contributed by atoms with E-state index < -0.39 is 16.1 Å². The summed E-state index contributed by atoms with van der Waals surface area (Å²) >= 11 is 6.14. The smallest absolute Gasteiger partial charge is 0.242 e. The summed E-state index contributed by atoms with van der Waals surface area (Å²) in [6.45, 7) is 6.68. The average molecular weight is 566 g/mol. The summed E-state index contributed by atoms with van der Waals surface area (Å²) in [4.78, 5) is 27.8. The van der Waals surface area contributed by atoms with Crippen molar-refractivity contribution in [3.8, 4) is 11.5 Å². The van der Waals surface area contributed by atoms with Gasteiger partial charge in [-0.05, 0) is 56.5 Å². The molecule has 0 fully saturated rings. The molecule has 208 valence electrons. The maximum Gasteiger partial charge on any atom is 0.242 e. The normalized spacial score (nSPS) is 14.3. The molecule has 1 aliphatic heterocycles. The van der Waals surface area contributed by atoms with Crippen LogP contribution in [0, 0.1) is 0 Å². The van der Waals surface area contributed by atoms with Crippen LogP contribution in [0.2, 0.25) is 5.02 Å². The molecule has 1 aliphatic rings. The molecule has 2 amide bonds. The first kappa shape index (κ1) is 29.6. The SMILES string of the molecule is CCC(C)NC(=O)C(C)N(Cc1cccc(Cl)c1)C(=O)CCCN(c1ccc2c(c1)OCCO2)S(C)(=O)=O. The molecular formula is C27H36ClN3O6S. The third-order valence-electron chi connectivity index (χ3n) is 6.38. The Kier molecular flexibility index (Phi) is 10.3. The Labute approximate surface area is 230 Å². The van der Waals surface area contributed by atoms with E-state index in [0.29, 0.717) is 35.4 Å². The summed E-state index contributed by atoms with van der Waals surface area (Å²) in [5, 5.41) is 3.47. The lowest BCUT2D eigenvalue weighted by atomic mass is 10.1. The number of nitrogens with zero attached hydrogens (tertiary/aromatic N) is 2. The van der Waals surface area contributed by atoms with E-state index in [2.05, 4.69) is 5.32 Å². The number of halogens is 1. The van der Waals surface area contributed by atoms with Crippen LogP contribution in [0.4, 0.5) is 5.69 Å². The molecule has 38 heavy (non-hydrogen) atoms. The highest BCUT2D eigenvalue weighted by Gasteiger charge is 2.27. The molecule has 2 aromatic rings. The highest BCUT2D eigenvalue weighted by atomic mass is 35.5. The molecule has 2 atom stereocenters. The van der Waals surface area contributed by atoms with Crippen molar-refractivity contribution < 1.29 is 27.5 Å². The van der Waals surface area contributed by atoms with Crippen LogP contribution in [-0.2, 0) is 26.2 Å². The molecule has 0 spiro atoms. The van der Waals surface area contributed by atoms with Gasteiger partial charge < -0.3 is 19.7 Å². The van der Waals surface area contributed by atoms with Crippen molar-refractivity contribution in [2.75, 3.05) is 30.3 Å². The monoisotopic (exact) mass is 565 g/mol. The summed E-state index contributed by atoms with van der Waals surface area (Å²) in [7, 11) is -3.63. The number of hydrogen-bond donors (Lipinski definition) is 1. The largest absolute Gasteiger partial charge is 0.486 e. The Morgan fingerprint density at radius 3 is 2.45 bits per heavy atom. The Bertz CT molecular complexity index is 1240. The highest BCUT2D eigenvalue weighted by molar-refractivity contribution is 7.92. The topological polar surface area (TPSA) is 105 Å². The van der Waals surface area contributed by atoms with E-state index in [1.807, 2.05) is 19.9 Å². The minimum atomic E-state index is -3.63. The number of nitrogens with one attached hydrogen (secondary N) is 1. The predicted molar refractivity (Wildman–Crippen MR) is 148 cm³/mol. The first-order chi connectivity index (χ1) is 18.0. The van der Waals surface area contributed by atoms with Gasteiger partial charge in [0.25, 0.3) is 0 Å². The van der Waals surface area contributed by atoms with Crippen molar-refractivity contribution in [2.24, 2.45) is 0 Å². The molecule has 1 N–H and O–H groups in total. The predicted octanol–water partition coefficient (Wildman–Crippen LogP) is 3.99. The van der Waals surface area contributed by atoms with Gasteiger partial charge in [0.2, 0.25) is 21.8 Å². The molecule has 0 aromatic heterocycles. The molecule has 0 radical (unpaired) electrons. The molecule has 0 aliphatic carbocycles. The Morgan fingerprint density at radius 1 is 1.08 bits per heavy atom. The molecule has 0 saturated carbocycles. The Balaban J connectivity index is 1.74. The number of anilines is 1. The second-order valence-corrected chi connectivity index (χ2v) is 11.8. The van der Waals surface area contributed by atoms with Gasteiger partial charge in [0.15, 0.2) is 11.5 Å². The molecule has 1 heterocycles. The molecule has 9 nitrogen and oxygen atoms in total. The molecule has 0 bridgehead atoms. The van der Waals surface area contributed by atoms with Crippen LogP contribution < -0.4 is 19.1 Å². The lowest BCUT2D eigenvalue weighted by molar-refractivity contribution is -0.140. The van der Waals surface area contributed by atoms with Gasteiger partial charge in [-0.15, -0.1) is 0 Å². The van der Waals surface area contributed by atoms with E-state index in [9.17, 15) is 18.0 Å². The third kappa shape index (κ3) is 8.01. The van der Waals surface area contributed by atoms with Gasteiger partial charge >= 0.3 is 0 Å². The number of benzene rings is 2. The number of amides is 2. The minimum absolute atomic E-state index is 0.0256. The van der Waals surface area contributed by atoms with Gasteiger partial charge in [-0.1, -0.05) is 30.7 Å². The lowest BCUT2D eigenvalue weighted by Crippen LogP contribution is -2.49. The van der Waals surface area contributed by atoms with Crippen LogP contribution >= 0.6 is 11.6 Å². The minimum Gasteiger partial charge on any atom is -0.486 e. The highest BCUT2D eigenvalue weighted by Crippen LogP contribution is 2.34. The summed E-state index contributed by atoms with van der Waals surface area (Å²) < 4.78 is 37.6. The van der Waals surface area contributed by atoms with Crippen LogP contribution in [0.15, 0.2) is 42.5 Å². The standard InChI is InChI=1S/C27H36ClN3O6S/c1-5-19(2)29-27(33)20(3)30(18-21-8-6-9-22(28)16-21)26(32)10-7-13-31(38(4,34)35)23-11-12-24-25(17-23)37-15-14-36-24/h6,8-9,11-12,16-17,19-20H,5,7,10,13-15,18H2,1-4H3,(H,29,33). The van der Waals surface area contributed by atoms with Crippen molar-refractivity contribution in [1.29, 1.82) is 0 Å². The number of ether oxygens (including phenoxy) is 2. The van der Waals surface area contributed by atoms with E-state index in [1.54, 1.807) is 43.3 Å². The second-order valence-electron chi connectivity index (χ2n) is 9.41. The van der Waals surface area contributed by atoms with Crippen molar-refractivity contribution in [1.82, 2.24) is 10.2 Å². The van der Waals surface area contributed by atoms with Crippen molar-refractivity contribution >= 4 is 39.1 Å². The van der Waals surface area contributed by atoms with Crippen molar-refractivity contribution in [3.63, 3.8) is 0 Å². The fraction of sp³-hybridized carbons (Fsp3) is 0.481. The summed E-state index contributed by atoms with van der Waals surface area (Å²) in [5.74, 6) is 0.536. The summed E-state index contributed by atoms with van der Waals surface area (Å²) in [6.07, 6.45) is 2.20. The lowest BCUT2D eigenvalue weighted by Gasteiger charge is -2.30. The second kappa shape index (κ2) is 13.2. The number of hydrogen-bond acceptors (Lipinski definition) is 6. The van der Waals surface area contributed by atoms with Gasteiger partial charge in [0.1, 0.15) is 19.3 Å². The van der Waals surface area contributed by atoms with E-state index in [0.717, 1.165) is 18.2 Å². The molecular weight excluding hydrogens is 530 g/mol. The fourth-order valence-corrected chi connectivity index (χ4v) is 5.24. The third-order valence-corrected chi connectivity index (χ3v) is 7.81. The Morgan fingerprint density at radius 2 is 1.79 bits per heavy atom. The van der Waals surface area contributed by atoms with Crippen molar-refractivity contribution in [3.05, 3.63) is 53.1 Å². The van der Waals surface area contributed by atoms with Crippen LogP contribution in [-0.4, -0.2) is 63.2 Å². The Hall–Kier alpha value is -2.98. The average Bonchev–Trinajstić information content (AvgIpc) is 2.88. The molecule has 11 heteroatoms. The number of rotatable bonds is 12. The quantitative estimate of drug-likeness (QED) is 0.417. The van der Waals surface area contributed by atoms with Crippen molar-refractivity contribution in [2.45, 2.75) is 58.7 Å². The zero-order valence-electron chi connectivity index (χ0n) is 22.3. The van der Waals surface area contributed by atoms with Crippen LogP contribution in [0.3, 0.4) is 0 Å². The van der Waals surface area contributed by atoms with E-state index >= 15 is 0 Å². The first-order valence-electron chi connectivity index (χ1n) is 12.7. The van der Waals surface area contributed by atoms with E-state index in [-0.39, 0.29) is 43.8 Å². The molecule has 2 unspecified atom stereocenters. The van der Waals surface area contributed by atoms with Gasteiger partial charge in [0, 0.05) is 36.6 Å². The molecule has 0 saturated heterocycles. The van der Waals surface area contributed by atoms with Crippen LogP contribution in [0.25, 0.3) is 0 Å². The summed E-state index contributed by atoms with van der Waals surface area (Å²) in [6, 6.07) is 11.4. The molecule has 3 rings (SSSR count). The zero-order valence-corrected chi connectivity index (χ0v) is 23.8. The summed E-state index contributed by atoms with van der Waals surface area (Å²) in [5.41, 5.74) is 1.23.